The molecule has 540 valence electrons. The number of furan rings is 4. The molecule has 2 atom stereocenters. The summed E-state index contributed by atoms with van der Waals surface area (Å²) in [5, 5.41) is 7.97. The Labute approximate surface area is 644 Å². The Morgan fingerprint density at radius 2 is 0.670 bits per heavy atom. The van der Waals surface area contributed by atoms with Gasteiger partial charge in [-0.2, -0.15) is 0 Å². The minimum absolute atomic E-state index is 0.109. The second kappa shape index (κ2) is 30.0. The molecular formula is C94H104N8O4+4. The van der Waals surface area contributed by atoms with E-state index in [2.05, 4.69) is 121 Å². The zero-order valence-electron chi connectivity index (χ0n) is 78.6. The van der Waals surface area contributed by atoms with E-state index in [0.717, 1.165) is 153 Å². The third-order valence-electron chi connectivity index (χ3n) is 19.7. The first-order valence-electron chi connectivity index (χ1n) is 43.2. The minimum atomic E-state index is -2.79. The van der Waals surface area contributed by atoms with Crippen LogP contribution in [0.4, 0.5) is 0 Å². The number of aromatic nitrogens is 8. The van der Waals surface area contributed by atoms with Gasteiger partial charge < -0.3 is 17.7 Å². The predicted molar refractivity (Wildman–Crippen MR) is 434 cm³/mol. The molecule has 0 saturated heterocycles. The maximum atomic E-state index is 8.58. The Hall–Kier alpha value is -10.7. The molecule has 4 aromatic carbocycles. The standard InChI is InChI=1S/2C24H27N2O.2C23H25N2O/c2*1-14(2)11-18-13-26(6)21(12-16(18)4)22-15(3)7-9-19-20-10-8-17(5)25-24(20)27-23(19)22;1-14(2)11-17-12-20(25(5)13-16(17)4)21-15(3)8-9-18-19-7-6-10-24-23(19)26-22(18)21;1-14(2)11-17-13-25(5)20(12-16(17)4)21-15(3)8-9-18-19-7-6-10-24-23(19)26-22(18)21/h2*7-10,12-14H,11H2,1-6H3;2*6-10,12-14H,11H2,1-5H3/q4*+1/i1D3,11D2,14D;11D2;;1D3,11D2,14D. The predicted octanol–water partition coefficient (Wildman–Crippen LogP) is 21.8. The number of pyridine rings is 8. The lowest BCUT2D eigenvalue weighted by Crippen LogP contribution is -2.32. The van der Waals surface area contributed by atoms with Crippen LogP contribution >= 0.6 is 0 Å². The highest BCUT2D eigenvalue weighted by Gasteiger charge is 2.28. The van der Waals surface area contributed by atoms with Crippen molar-refractivity contribution in [3.8, 4) is 45.0 Å². The fourth-order valence-electron chi connectivity index (χ4n) is 14.5. The average Bonchev–Trinajstić information content (AvgIpc) is 1.41. The summed E-state index contributed by atoms with van der Waals surface area (Å²) in [6.45, 7) is 24.8. The van der Waals surface area contributed by atoms with Crippen molar-refractivity contribution in [1.29, 1.82) is 0 Å². The normalized spacial score (nSPS) is 15.5. The number of fused-ring (bicyclic) bond motifs is 12. The van der Waals surface area contributed by atoms with Crippen LogP contribution in [-0.2, 0) is 53.7 Å². The summed E-state index contributed by atoms with van der Waals surface area (Å²) in [5.41, 5.74) is 25.3. The highest BCUT2D eigenvalue weighted by atomic mass is 16.4. The van der Waals surface area contributed by atoms with Crippen LogP contribution < -0.4 is 18.3 Å². The van der Waals surface area contributed by atoms with Crippen LogP contribution in [0.2, 0.25) is 0 Å². The molecule has 0 radical (unpaired) electrons. The first-order chi connectivity index (χ1) is 56.0. The van der Waals surface area contributed by atoms with Gasteiger partial charge in [0.05, 0.1) is 22.3 Å². The lowest BCUT2D eigenvalue weighted by Gasteiger charge is -2.11. The highest BCUT2D eigenvalue weighted by molar-refractivity contribution is 6.12. The van der Waals surface area contributed by atoms with E-state index in [-0.39, 0.29) is 17.0 Å². The zero-order valence-corrected chi connectivity index (χ0v) is 64.6. The Kier molecular flexibility index (Phi) is 16.3. The molecule has 12 aromatic heterocycles. The van der Waals surface area contributed by atoms with E-state index in [1.807, 2.05) is 139 Å². The summed E-state index contributed by atoms with van der Waals surface area (Å²) in [7, 11) is 7.65. The van der Waals surface area contributed by atoms with Gasteiger partial charge in [-0.25, -0.2) is 38.2 Å². The van der Waals surface area contributed by atoms with Crippen LogP contribution in [0.1, 0.15) is 153 Å². The first-order valence-corrected chi connectivity index (χ1v) is 36.2. The quantitative estimate of drug-likeness (QED) is 0.111. The summed E-state index contributed by atoms with van der Waals surface area (Å²) in [6.07, 6.45) is 5.68. The van der Waals surface area contributed by atoms with Crippen molar-refractivity contribution in [2.75, 3.05) is 0 Å². The smallest absolute Gasteiger partial charge is 0.227 e. The average molecular weight is 1420 g/mol. The lowest BCUT2D eigenvalue weighted by molar-refractivity contribution is -0.661. The van der Waals surface area contributed by atoms with E-state index in [4.69, 9.17) is 36.9 Å². The number of nitrogens with zero attached hydrogens (tertiary/aromatic N) is 8. The van der Waals surface area contributed by atoms with Gasteiger partial charge in [0.1, 0.15) is 28.2 Å². The van der Waals surface area contributed by atoms with Crippen molar-refractivity contribution >= 4 is 88.3 Å². The van der Waals surface area contributed by atoms with Crippen LogP contribution in [0.15, 0.2) is 176 Å². The Morgan fingerprint density at radius 3 is 1.02 bits per heavy atom. The second-order valence-corrected chi connectivity index (χ2v) is 29.2. The fourth-order valence-corrected chi connectivity index (χ4v) is 14.5. The maximum absolute atomic E-state index is 8.58. The van der Waals surface area contributed by atoms with Gasteiger partial charge in [-0.05, 0) is 211 Å². The van der Waals surface area contributed by atoms with Crippen molar-refractivity contribution in [1.82, 2.24) is 19.9 Å². The monoisotopic (exact) mass is 1420 g/mol. The molecule has 0 saturated carbocycles. The zero-order chi connectivity index (χ0) is 87.7. The van der Waals surface area contributed by atoms with E-state index in [1.165, 1.54) is 22.4 Å². The number of hydrogen-bond donors (Lipinski definition) is 0. The molecule has 0 aliphatic carbocycles. The minimum Gasteiger partial charge on any atom is -0.437 e. The SMILES string of the molecule is Cc1c[n+](C)c(-c2c(C)ccc3c2oc2ncccc23)cc1CC(C)C.[2H]C([2H])([2H])C([2H])(C)C([2H])([2H])c1c[n+](C)c(-c2c(C)ccc3c2oc2nc(C)ccc23)cc1C.[2H]C([2H])([2H])C([2H])(C)C([2H])([2H])c1c[n+](C)c(-c2c(C)ccc3c2oc2ncccc23)cc1C.[2H]C([2H])(c1c[n+](C)c(-c2c(C)ccc3c2oc2nc(C)ccc23)cc1C)C(C)C. The molecule has 0 fully saturated rings. The number of aryl methyl sites for hydroxylation is 14. The Balaban J connectivity index is 0.000000139. The van der Waals surface area contributed by atoms with Crippen LogP contribution in [0.5, 0.6) is 0 Å². The van der Waals surface area contributed by atoms with Gasteiger partial charge in [-0.3, -0.25) is 0 Å². The lowest BCUT2D eigenvalue weighted by atomic mass is 9.95. The molecule has 12 heterocycles. The largest absolute Gasteiger partial charge is 0.437 e. The van der Waals surface area contributed by atoms with Gasteiger partial charge in [0.25, 0.3) is 0 Å². The van der Waals surface area contributed by atoms with Gasteiger partial charge in [0.2, 0.25) is 45.6 Å². The van der Waals surface area contributed by atoms with Crippen molar-refractivity contribution in [3.63, 3.8) is 0 Å². The van der Waals surface area contributed by atoms with Gasteiger partial charge in [0.15, 0.2) is 47.1 Å². The second-order valence-electron chi connectivity index (χ2n) is 29.2. The maximum Gasteiger partial charge on any atom is 0.227 e. The van der Waals surface area contributed by atoms with Gasteiger partial charge >= 0.3 is 0 Å². The van der Waals surface area contributed by atoms with E-state index in [0.29, 0.717) is 51.1 Å². The van der Waals surface area contributed by atoms with Crippen molar-refractivity contribution < 1.29 is 55.1 Å². The first kappa shape index (κ1) is 57.6. The van der Waals surface area contributed by atoms with Crippen LogP contribution in [-0.4, -0.2) is 19.9 Å². The van der Waals surface area contributed by atoms with Gasteiger partial charge in [-0.1, -0.05) is 104 Å². The summed E-state index contributed by atoms with van der Waals surface area (Å²) in [6, 6.07) is 40.5. The summed E-state index contributed by atoms with van der Waals surface area (Å²) in [5.74, 6) is -4.12. The van der Waals surface area contributed by atoms with Crippen molar-refractivity contribution in [3.05, 3.63) is 237 Å². The summed E-state index contributed by atoms with van der Waals surface area (Å²) >= 11 is 0. The third kappa shape index (κ3) is 14.6. The van der Waals surface area contributed by atoms with E-state index >= 15 is 0 Å². The van der Waals surface area contributed by atoms with E-state index in [9.17, 15) is 0 Å². The molecule has 2 unspecified atom stereocenters. The molecule has 106 heavy (non-hydrogen) atoms. The fraction of sp³-hybridized carbons (Fsp3) is 0.319. The van der Waals surface area contributed by atoms with Crippen LogP contribution in [0, 0.1) is 92.9 Å². The number of hydrogen-bond acceptors (Lipinski definition) is 8. The van der Waals surface area contributed by atoms with Gasteiger partial charge in [0, 0.05) is 133 Å². The molecule has 0 aliphatic rings. The van der Waals surface area contributed by atoms with Crippen molar-refractivity contribution in [2.24, 2.45) is 51.8 Å². The third-order valence-corrected chi connectivity index (χ3v) is 19.7. The molecule has 0 aliphatic heterocycles. The topological polar surface area (TPSA) is 120 Å². The molecule has 0 N–H and O–H groups in total. The molecule has 0 bridgehead atoms. The molecule has 16 aromatic rings. The Bertz CT molecular complexity index is 6740. The summed E-state index contributed by atoms with van der Waals surface area (Å²) in [4.78, 5) is 17.8. The molecule has 0 amide bonds. The molecule has 16 rings (SSSR count). The van der Waals surface area contributed by atoms with E-state index in [1.54, 1.807) is 61.9 Å². The molecule has 12 nitrogen and oxygen atoms in total. The van der Waals surface area contributed by atoms with Gasteiger partial charge in [-0.15, -0.1) is 0 Å². The molecular weight excluding hydrogens is 1310 g/mol. The summed E-state index contributed by atoms with van der Waals surface area (Å²) < 4.78 is 147. The number of rotatable bonds is 12. The van der Waals surface area contributed by atoms with Crippen LogP contribution in [0.3, 0.4) is 0 Å². The molecule has 12 heteroatoms. The van der Waals surface area contributed by atoms with E-state index < -0.39 is 44.6 Å². The molecule has 0 spiro atoms. The number of benzene rings is 4. The van der Waals surface area contributed by atoms with Crippen molar-refractivity contribution in [2.45, 2.75) is 150 Å². The Morgan fingerprint density at radius 1 is 0.349 bits per heavy atom. The highest BCUT2D eigenvalue weighted by Crippen LogP contribution is 2.42. The van der Waals surface area contributed by atoms with Crippen LogP contribution in [0.25, 0.3) is 133 Å².